The van der Waals surface area contributed by atoms with Crippen LogP contribution in [0.2, 0.25) is 0 Å². The molecule has 0 aliphatic carbocycles. The number of aromatic nitrogens is 1. The van der Waals surface area contributed by atoms with Crippen LogP contribution in [0.4, 0.5) is 0 Å². The Balaban J connectivity index is 2.29. The van der Waals surface area contributed by atoms with Crippen LogP contribution in [0.5, 0.6) is 0 Å². The molecule has 112 valence electrons. The van der Waals surface area contributed by atoms with Gasteiger partial charge >= 0.3 is 0 Å². The average Bonchev–Trinajstić information content (AvgIpc) is 2.52. The van der Waals surface area contributed by atoms with Crippen molar-refractivity contribution in [2.45, 2.75) is 26.2 Å². The topological polar surface area (TPSA) is 36.7 Å². The summed E-state index contributed by atoms with van der Waals surface area (Å²) in [5.74, 6) is 0. The minimum atomic E-state index is 0.162. The van der Waals surface area contributed by atoms with Gasteiger partial charge in [0.25, 0.3) is 0 Å². The molecule has 2 aromatic rings. The van der Waals surface area contributed by atoms with Crippen molar-refractivity contribution < 1.29 is 0 Å². The van der Waals surface area contributed by atoms with Gasteiger partial charge in [0.2, 0.25) is 0 Å². The highest BCUT2D eigenvalue weighted by atomic mass is 14.7. The fourth-order valence-corrected chi connectivity index (χ4v) is 2.23. The van der Waals surface area contributed by atoms with Crippen LogP contribution < -0.4 is 0 Å². The lowest BCUT2D eigenvalue weighted by Gasteiger charge is -2.19. The van der Waals surface area contributed by atoms with Crippen LogP contribution in [0.25, 0.3) is 16.7 Å². The lowest BCUT2D eigenvalue weighted by atomic mass is 9.86. The first-order chi connectivity index (χ1) is 10.5. The number of rotatable bonds is 4. The minimum Gasteiger partial charge on any atom is -0.308 e. The van der Waals surface area contributed by atoms with Crippen molar-refractivity contribution in [3.63, 3.8) is 0 Å². The predicted octanol–water partition coefficient (Wildman–Crippen LogP) is 5.27. The van der Waals surface area contributed by atoms with E-state index < -0.39 is 0 Å². The lowest BCUT2D eigenvalue weighted by molar-refractivity contribution is 0.590. The summed E-state index contributed by atoms with van der Waals surface area (Å²) < 4.78 is 0. The molecule has 2 heteroatoms. The minimum absolute atomic E-state index is 0.162. The summed E-state index contributed by atoms with van der Waals surface area (Å²) in [7, 11) is 0. The zero-order valence-electron chi connectivity index (χ0n) is 13.4. The lowest BCUT2D eigenvalue weighted by Crippen LogP contribution is -2.10. The molecule has 0 unspecified atom stereocenters. The van der Waals surface area contributed by atoms with Gasteiger partial charge in [-0.1, -0.05) is 69.8 Å². The van der Waals surface area contributed by atoms with Crippen molar-refractivity contribution in [3.05, 3.63) is 72.6 Å². The maximum atomic E-state index is 7.42. The van der Waals surface area contributed by atoms with E-state index in [1.54, 1.807) is 12.2 Å². The van der Waals surface area contributed by atoms with Crippen LogP contribution in [0.3, 0.4) is 0 Å². The molecule has 0 radical (unpaired) electrons. The summed E-state index contributed by atoms with van der Waals surface area (Å²) in [5, 5.41) is 7.42. The van der Waals surface area contributed by atoms with Gasteiger partial charge in [-0.25, -0.2) is 0 Å². The Morgan fingerprint density at radius 2 is 1.68 bits per heavy atom. The summed E-state index contributed by atoms with van der Waals surface area (Å²) >= 11 is 0. The van der Waals surface area contributed by atoms with Crippen LogP contribution in [0.1, 0.15) is 32.0 Å². The smallest absolute Gasteiger partial charge is 0.0717 e. The van der Waals surface area contributed by atoms with Crippen LogP contribution in [-0.2, 0) is 5.41 Å². The molecule has 0 atom stereocenters. The van der Waals surface area contributed by atoms with Crippen LogP contribution in [-0.4, -0.2) is 11.2 Å². The summed E-state index contributed by atoms with van der Waals surface area (Å²) in [6, 6.07) is 12.6. The van der Waals surface area contributed by atoms with E-state index in [0.717, 1.165) is 22.4 Å². The maximum Gasteiger partial charge on any atom is 0.0717 e. The monoisotopic (exact) mass is 290 g/mol. The fourth-order valence-electron chi connectivity index (χ4n) is 2.23. The van der Waals surface area contributed by atoms with Gasteiger partial charge in [-0.05, 0) is 22.6 Å². The van der Waals surface area contributed by atoms with Gasteiger partial charge in [-0.2, -0.15) is 0 Å². The van der Waals surface area contributed by atoms with E-state index in [2.05, 4.69) is 56.6 Å². The number of nitrogens with one attached hydrogen (secondary N) is 1. The molecule has 2 nitrogen and oxygen atoms in total. The Morgan fingerprint density at radius 3 is 2.14 bits per heavy atom. The third-order valence-electron chi connectivity index (χ3n) is 3.60. The van der Waals surface area contributed by atoms with Crippen LogP contribution in [0, 0.1) is 5.41 Å². The fraction of sp³-hybridized carbons (Fsp3) is 0.200. The Labute approximate surface area is 132 Å². The highest BCUT2D eigenvalue weighted by Gasteiger charge is 2.13. The first-order valence-corrected chi connectivity index (χ1v) is 7.36. The summed E-state index contributed by atoms with van der Waals surface area (Å²) in [6.07, 6.45) is 6.60. The number of benzene rings is 1. The third kappa shape index (κ3) is 3.59. The average molecular weight is 290 g/mol. The largest absolute Gasteiger partial charge is 0.308 e. The number of hydrogen-bond donors (Lipinski definition) is 1. The standard InChI is InChI=1S/C20H22N2/c1-5-6-16(13-21)19-12-9-17(14-22-19)15-7-10-18(11-8-15)20(2,3)4/h5-14,21H,1H2,2-4H3/b16-6+,21-13?. The van der Waals surface area contributed by atoms with E-state index in [1.807, 2.05) is 18.3 Å². The van der Waals surface area contributed by atoms with E-state index in [1.165, 1.54) is 11.8 Å². The second-order valence-corrected chi connectivity index (χ2v) is 6.26. The van der Waals surface area contributed by atoms with Crippen molar-refractivity contribution in [3.8, 4) is 11.1 Å². The van der Waals surface area contributed by atoms with E-state index >= 15 is 0 Å². The van der Waals surface area contributed by atoms with E-state index in [9.17, 15) is 0 Å². The zero-order chi connectivity index (χ0) is 16.2. The molecule has 0 bridgehead atoms. The van der Waals surface area contributed by atoms with Gasteiger partial charge in [0.05, 0.1) is 5.69 Å². The van der Waals surface area contributed by atoms with Gasteiger partial charge in [-0.15, -0.1) is 0 Å². The van der Waals surface area contributed by atoms with E-state index in [4.69, 9.17) is 5.41 Å². The predicted molar refractivity (Wildman–Crippen MR) is 95.3 cm³/mol. The molecule has 1 heterocycles. The number of hydrogen-bond acceptors (Lipinski definition) is 2. The maximum absolute atomic E-state index is 7.42. The van der Waals surface area contributed by atoms with Crippen molar-refractivity contribution in [1.82, 2.24) is 4.98 Å². The molecule has 22 heavy (non-hydrogen) atoms. The Kier molecular flexibility index (Phi) is 4.71. The normalized spacial score (nSPS) is 12.0. The highest BCUT2D eigenvalue weighted by Crippen LogP contribution is 2.26. The molecule has 0 amide bonds. The molecule has 0 aliphatic rings. The molecule has 1 N–H and O–H groups in total. The molecular formula is C20H22N2. The van der Waals surface area contributed by atoms with Gasteiger partial charge in [0, 0.05) is 23.5 Å². The molecular weight excluding hydrogens is 268 g/mol. The van der Waals surface area contributed by atoms with Crippen molar-refractivity contribution in [1.29, 1.82) is 5.41 Å². The number of allylic oxidation sites excluding steroid dienone is 3. The summed E-state index contributed by atoms with van der Waals surface area (Å²) in [4.78, 5) is 4.45. The molecule has 0 saturated carbocycles. The second kappa shape index (κ2) is 6.52. The molecule has 1 aromatic carbocycles. The van der Waals surface area contributed by atoms with E-state index in [-0.39, 0.29) is 5.41 Å². The van der Waals surface area contributed by atoms with Gasteiger partial charge in [0.15, 0.2) is 0 Å². The third-order valence-corrected chi connectivity index (χ3v) is 3.60. The number of pyridine rings is 1. The van der Waals surface area contributed by atoms with E-state index in [0.29, 0.717) is 0 Å². The van der Waals surface area contributed by atoms with Crippen LogP contribution >= 0.6 is 0 Å². The van der Waals surface area contributed by atoms with Gasteiger partial charge < -0.3 is 5.41 Å². The molecule has 0 fully saturated rings. The molecule has 0 spiro atoms. The second-order valence-electron chi connectivity index (χ2n) is 6.26. The quantitative estimate of drug-likeness (QED) is 0.604. The zero-order valence-corrected chi connectivity index (χ0v) is 13.4. The van der Waals surface area contributed by atoms with Crippen molar-refractivity contribution in [2.24, 2.45) is 0 Å². The summed E-state index contributed by atoms with van der Waals surface area (Å²) in [5.41, 5.74) is 5.24. The van der Waals surface area contributed by atoms with Crippen molar-refractivity contribution >= 4 is 11.8 Å². The molecule has 2 rings (SSSR count). The highest BCUT2D eigenvalue weighted by molar-refractivity contribution is 6.07. The first kappa shape index (κ1) is 15.9. The van der Waals surface area contributed by atoms with Gasteiger partial charge in [-0.3, -0.25) is 4.98 Å². The Hall–Kier alpha value is -2.48. The molecule has 0 aliphatic heterocycles. The first-order valence-electron chi connectivity index (χ1n) is 7.36. The molecule has 1 aromatic heterocycles. The summed E-state index contributed by atoms with van der Waals surface area (Å²) in [6.45, 7) is 10.3. The Bertz CT molecular complexity index is 684. The molecule has 0 saturated heterocycles. The number of nitrogens with zero attached hydrogens (tertiary/aromatic N) is 1. The van der Waals surface area contributed by atoms with Crippen LogP contribution in [0.15, 0.2) is 61.3 Å². The van der Waals surface area contributed by atoms with Crippen molar-refractivity contribution in [2.75, 3.05) is 0 Å². The van der Waals surface area contributed by atoms with Gasteiger partial charge in [0.1, 0.15) is 0 Å². The Morgan fingerprint density at radius 1 is 1.05 bits per heavy atom. The SMILES string of the molecule is C=C/C=C(\C=N)c1ccc(-c2ccc(C(C)(C)C)cc2)cn1.